The maximum atomic E-state index is 12.5. The third-order valence-corrected chi connectivity index (χ3v) is 4.52. The van der Waals surface area contributed by atoms with Gasteiger partial charge in [-0.05, 0) is 39.2 Å². The molecule has 1 N–H and O–H groups in total. The van der Waals surface area contributed by atoms with E-state index in [-0.39, 0.29) is 12.0 Å². The van der Waals surface area contributed by atoms with E-state index in [0.717, 1.165) is 45.2 Å². The van der Waals surface area contributed by atoms with Gasteiger partial charge in [0.25, 0.3) is 5.91 Å². The number of nitrogens with one attached hydrogen (secondary N) is 1. The first-order valence-electron chi connectivity index (χ1n) is 7.86. The highest BCUT2D eigenvalue weighted by molar-refractivity contribution is 5.81. The summed E-state index contributed by atoms with van der Waals surface area (Å²) < 4.78 is 6.02. The van der Waals surface area contributed by atoms with Crippen LogP contribution in [0.4, 0.5) is 0 Å². The molecular formula is C15H28N2O2. The Bertz CT molecular complexity index is 282. The van der Waals surface area contributed by atoms with Gasteiger partial charge < -0.3 is 15.0 Å². The smallest absolute Gasteiger partial charge is 0.251 e. The SMILES string of the molecule is CCC(OC1CCCC1)C(=O)N1CCC(NC)CC1. The molecule has 2 fully saturated rings. The topological polar surface area (TPSA) is 41.6 Å². The summed E-state index contributed by atoms with van der Waals surface area (Å²) in [7, 11) is 2.00. The van der Waals surface area contributed by atoms with E-state index in [9.17, 15) is 4.79 Å². The summed E-state index contributed by atoms with van der Waals surface area (Å²) in [6.45, 7) is 3.79. The van der Waals surface area contributed by atoms with Gasteiger partial charge in [-0.1, -0.05) is 19.8 Å². The lowest BCUT2D eigenvalue weighted by molar-refractivity contribution is -0.148. The fraction of sp³-hybridized carbons (Fsp3) is 0.933. The van der Waals surface area contributed by atoms with E-state index in [1.807, 2.05) is 11.9 Å². The minimum Gasteiger partial charge on any atom is -0.365 e. The Morgan fingerprint density at radius 2 is 1.89 bits per heavy atom. The van der Waals surface area contributed by atoms with Crippen molar-refractivity contribution in [3.05, 3.63) is 0 Å². The second-order valence-electron chi connectivity index (χ2n) is 5.83. The molecule has 1 atom stereocenters. The number of carbonyl (C=O) groups excluding carboxylic acids is 1. The molecule has 1 aliphatic heterocycles. The fourth-order valence-corrected chi connectivity index (χ4v) is 3.18. The average molecular weight is 268 g/mol. The monoisotopic (exact) mass is 268 g/mol. The quantitative estimate of drug-likeness (QED) is 0.828. The van der Waals surface area contributed by atoms with Gasteiger partial charge in [0.1, 0.15) is 6.10 Å². The lowest BCUT2D eigenvalue weighted by atomic mass is 10.0. The summed E-state index contributed by atoms with van der Waals surface area (Å²) in [5.74, 6) is 0.212. The summed E-state index contributed by atoms with van der Waals surface area (Å²) in [5.41, 5.74) is 0. The number of amides is 1. The van der Waals surface area contributed by atoms with E-state index in [4.69, 9.17) is 4.74 Å². The summed E-state index contributed by atoms with van der Waals surface area (Å²) in [6.07, 6.45) is 7.78. The summed E-state index contributed by atoms with van der Waals surface area (Å²) in [4.78, 5) is 14.5. The molecule has 0 bridgehead atoms. The second kappa shape index (κ2) is 7.25. The predicted octanol–water partition coefficient (Wildman–Crippen LogP) is 1.93. The zero-order chi connectivity index (χ0) is 13.7. The molecule has 0 aromatic heterocycles. The van der Waals surface area contributed by atoms with Crippen LogP contribution in [-0.2, 0) is 9.53 Å². The van der Waals surface area contributed by atoms with E-state index in [1.54, 1.807) is 0 Å². The third-order valence-electron chi connectivity index (χ3n) is 4.52. The Labute approximate surface area is 116 Å². The van der Waals surface area contributed by atoms with Gasteiger partial charge in [0.15, 0.2) is 0 Å². The van der Waals surface area contributed by atoms with Gasteiger partial charge >= 0.3 is 0 Å². The molecule has 0 radical (unpaired) electrons. The van der Waals surface area contributed by atoms with Gasteiger partial charge in [0.2, 0.25) is 0 Å². The van der Waals surface area contributed by atoms with Gasteiger partial charge in [-0.25, -0.2) is 0 Å². The molecular weight excluding hydrogens is 240 g/mol. The highest BCUT2D eigenvalue weighted by Crippen LogP contribution is 2.24. The molecule has 110 valence electrons. The van der Waals surface area contributed by atoms with Gasteiger partial charge in [-0.2, -0.15) is 0 Å². The molecule has 0 spiro atoms. The maximum absolute atomic E-state index is 12.5. The maximum Gasteiger partial charge on any atom is 0.251 e. The van der Waals surface area contributed by atoms with Crippen molar-refractivity contribution in [1.29, 1.82) is 0 Å². The van der Waals surface area contributed by atoms with Gasteiger partial charge in [-0.15, -0.1) is 0 Å². The number of ether oxygens (including phenoxy) is 1. The molecule has 0 aromatic carbocycles. The number of carbonyl (C=O) groups is 1. The van der Waals surface area contributed by atoms with Crippen LogP contribution in [-0.4, -0.2) is 49.2 Å². The number of nitrogens with zero attached hydrogens (tertiary/aromatic N) is 1. The molecule has 1 saturated heterocycles. The van der Waals surface area contributed by atoms with Crippen molar-refractivity contribution in [2.45, 2.75) is 70.1 Å². The minimum atomic E-state index is -0.214. The Kier molecular flexibility index (Phi) is 5.64. The Morgan fingerprint density at radius 3 is 2.42 bits per heavy atom. The first kappa shape index (κ1) is 14.8. The van der Waals surface area contributed by atoms with Crippen LogP contribution in [0.15, 0.2) is 0 Å². The van der Waals surface area contributed by atoms with E-state index in [0.29, 0.717) is 12.1 Å². The van der Waals surface area contributed by atoms with Crippen molar-refractivity contribution in [2.24, 2.45) is 0 Å². The van der Waals surface area contributed by atoms with Gasteiger partial charge in [0, 0.05) is 19.1 Å². The van der Waals surface area contributed by atoms with E-state index < -0.39 is 0 Å². The molecule has 4 heteroatoms. The normalized spacial score (nSPS) is 23.8. The van der Waals surface area contributed by atoms with Crippen LogP contribution in [0.1, 0.15) is 51.9 Å². The number of likely N-dealkylation sites (tertiary alicyclic amines) is 1. The lowest BCUT2D eigenvalue weighted by Crippen LogP contribution is -2.48. The minimum absolute atomic E-state index is 0.212. The average Bonchev–Trinajstić information content (AvgIpc) is 2.97. The first-order valence-corrected chi connectivity index (χ1v) is 7.86. The van der Waals surface area contributed by atoms with Crippen LogP contribution >= 0.6 is 0 Å². The van der Waals surface area contributed by atoms with Crippen molar-refractivity contribution in [2.75, 3.05) is 20.1 Å². The Balaban J connectivity index is 1.82. The van der Waals surface area contributed by atoms with Crippen molar-refractivity contribution in [1.82, 2.24) is 10.2 Å². The molecule has 4 nitrogen and oxygen atoms in total. The van der Waals surface area contributed by atoms with Crippen LogP contribution in [0.5, 0.6) is 0 Å². The van der Waals surface area contributed by atoms with Crippen molar-refractivity contribution in [3.8, 4) is 0 Å². The standard InChI is InChI=1S/C15H28N2O2/c1-3-14(19-13-6-4-5-7-13)15(18)17-10-8-12(16-2)9-11-17/h12-14,16H,3-11H2,1-2H3. The molecule has 1 heterocycles. The zero-order valence-electron chi connectivity index (χ0n) is 12.4. The van der Waals surface area contributed by atoms with Gasteiger partial charge in [0.05, 0.1) is 6.10 Å². The molecule has 0 aromatic rings. The molecule has 2 rings (SSSR count). The molecule has 2 aliphatic rings. The van der Waals surface area contributed by atoms with Crippen molar-refractivity contribution in [3.63, 3.8) is 0 Å². The molecule has 1 saturated carbocycles. The van der Waals surface area contributed by atoms with Gasteiger partial charge in [-0.3, -0.25) is 4.79 Å². The highest BCUT2D eigenvalue weighted by Gasteiger charge is 2.30. The van der Waals surface area contributed by atoms with Crippen LogP contribution in [0.2, 0.25) is 0 Å². The first-order chi connectivity index (χ1) is 9.24. The summed E-state index contributed by atoms with van der Waals surface area (Å²) in [5, 5.41) is 3.30. The van der Waals surface area contributed by atoms with Crippen LogP contribution in [0.3, 0.4) is 0 Å². The largest absolute Gasteiger partial charge is 0.365 e. The highest BCUT2D eigenvalue weighted by atomic mass is 16.5. The Morgan fingerprint density at radius 1 is 1.26 bits per heavy atom. The predicted molar refractivity (Wildman–Crippen MR) is 76.1 cm³/mol. The fourth-order valence-electron chi connectivity index (χ4n) is 3.18. The van der Waals surface area contributed by atoms with E-state index in [2.05, 4.69) is 12.2 Å². The number of hydrogen-bond acceptors (Lipinski definition) is 3. The molecule has 1 aliphatic carbocycles. The van der Waals surface area contributed by atoms with Crippen LogP contribution < -0.4 is 5.32 Å². The van der Waals surface area contributed by atoms with E-state index >= 15 is 0 Å². The van der Waals surface area contributed by atoms with Crippen LogP contribution in [0, 0.1) is 0 Å². The molecule has 19 heavy (non-hydrogen) atoms. The number of rotatable bonds is 5. The van der Waals surface area contributed by atoms with Crippen molar-refractivity contribution >= 4 is 5.91 Å². The molecule has 1 amide bonds. The zero-order valence-corrected chi connectivity index (χ0v) is 12.4. The lowest BCUT2D eigenvalue weighted by Gasteiger charge is -2.34. The van der Waals surface area contributed by atoms with Crippen LogP contribution in [0.25, 0.3) is 0 Å². The Hall–Kier alpha value is -0.610. The third kappa shape index (κ3) is 3.93. The van der Waals surface area contributed by atoms with Crippen molar-refractivity contribution < 1.29 is 9.53 Å². The number of hydrogen-bond donors (Lipinski definition) is 1. The summed E-state index contributed by atoms with van der Waals surface area (Å²) in [6, 6.07) is 0.569. The summed E-state index contributed by atoms with van der Waals surface area (Å²) >= 11 is 0. The second-order valence-corrected chi connectivity index (χ2v) is 5.83. The van der Waals surface area contributed by atoms with E-state index in [1.165, 1.54) is 12.8 Å². The number of piperidine rings is 1. The molecule has 1 unspecified atom stereocenters.